The van der Waals surface area contributed by atoms with E-state index in [1.807, 2.05) is 35.0 Å². The molecule has 6 nitrogen and oxygen atoms in total. The molecule has 1 fully saturated rings. The molecule has 0 spiro atoms. The second kappa shape index (κ2) is 7.39. The highest BCUT2D eigenvalue weighted by molar-refractivity contribution is 5.87. The first-order valence-corrected chi connectivity index (χ1v) is 9.29. The third-order valence-corrected chi connectivity index (χ3v) is 5.27. The molecule has 0 N–H and O–H groups in total. The minimum atomic E-state index is -0.419. The summed E-state index contributed by atoms with van der Waals surface area (Å²) in [6, 6.07) is 9.46. The van der Waals surface area contributed by atoms with E-state index in [0.717, 1.165) is 22.7 Å². The van der Waals surface area contributed by atoms with E-state index in [2.05, 4.69) is 4.98 Å². The molecule has 0 atom stereocenters. The van der Waals surface area contributed by atoms with E-state index in [9.17, 15) is 4.79 Å². The molecule has 4 rings (SSSR count). The van der Waals surface area contributed by atoms with Crippen LogP contribution in [0.25, 0.3) is 5.52 Å². The number of nitrogens with zero attached hydrogens (tertiary/aromatic N) is 3. The molecule has 6 heteroatoms. The lowest BCUT2D eigenvalue weighted by molar-refractivity contribution is 0.0593. The van der Waals surface area contributed by atoms with Gasteiger partial charge in [-0.1, -0.05) is 18.9 Å². The fraction of sp³-hybridized carbons (Fsp3) is 0.381. The summed E-state index contributed by atoms with van der Waals surface area (Å²) in [6.45, 7) is 0. The Morgan fingerprint density at radius 3 is 2.74 bits per heavy atom. The summed E-state index contributed by atoms with van der Waals surface area (Å²) >= 11 is 0. The van der Waals surface area contributed by atoms with Crippen LogP contribution in [0.15, 0.2) is 36.5 Å². The average molecular weight is 365 g/mol. The van der Waals surface area contributed by atoms with Crippen LogP contribution in [0.4, 0.5) is 0 Å². The molecule has 0 unspecified atom stereocenters. The first-order chi connectivity index (χ1) is 13.2. The number of aromatic nitrogens is 3. The molecular weight excluding hydrogens is 342 g/mol. The van der Waals surface area contributed by atoms with Gasteiger partial charge < -0.3 is 9.47 Å². The van der Waals surface area contributed by atoms with Gasteiger partial charge in [0.1, 0.15) is 11.4 Å². The molecule has 0 bridgehead atoms. The van der Waals surface area contributed by atoms with Gasteiger partial charge in [0.05, 0.1) is 31.6 Å². The standard InChI is InChI=1S/C21H23N3O3/c1-26-16-10-11-19-17(12-15-8-5-9-18(22-15)21(25)27-2)20(23-24(19)13-16)14-6-3-4-7-14/h5,8-11,13-14H,3-4,6-7,12H2,1-2H3. The van der Waals surface area contributed by atoms with E-state index < -0.39 is 5.97 Å². The van der Waals surface area contributed by atoms with Crippen molar-refractivity contribution in [2.45, 2.75) is 38.0 Å². The van der Waals surface area contributed by atoms with E-state index in [0.29, 0.717) is 18.0 Å². The zero-order valence-electron chi connectivity index (χ0n) is 15.6. The Kier molecular flexibility index (Phi) is 4.79. The minimum Gasteiger partial charge on any atom is -0.495 e. The van der Waals surface area contributed by atoms with Gasteiger partial charge in [-0.15, -0.1) is 0 Å². The van der Waals surface area contributed by atoms with Crippen LogP contribution in [0.3, 0.4) is 0 Å². The fourth-order valence-corrected chi connectivity index (χ4v) is 3.91. The smallest absolute Gasteiger partial charge is 0.356 e. The number of methoxy groups -OCH3 is 2. The van der Waals surface area contributed by atoms with Gasteiger partial charge in [-0.05, 0) is 37.1 Å². The molecule has 0 aliphatic heterocycles. The topological polar surface area (TPSA) is 65.7 Å². The van der Waals surface area contributed by atoms with Crippen LogP contribution < -0.4 is 4.74 Å². The first-order valence-electron chi connectivity index (χ1n) is 9.29. The third-order valence-electron chi connectivity index (χ3n) is 5.27. The van der Waals surface area contributed by atoms with Crippen molar-refractivity contribution in [3.8, 4) is 5.75 Å². The summed E-state index contributed by atoms with van der Waals surface area (Å²) in [5.41, 5.74) is 4.55. The van der Waals surface area contributed by atoms with Gasteiger partial charge in [-0.3, -0.25) is 0 Å². The maximum Gasteiger partial charge on any atom is 0.356 e. The van der Waals surface area contributed by atoms with Crippen molar-refractivity contribution in [1.82, 2.24) is 14.6 Å². The van der Waals surface area contributed by atoms with Crippen LogP contribution in [-0.4, -0.2) is 34.8 Å². The highest BCUT2D eigenvalue weighted by Crippen LogP contribution is 2.37. The van der Waals surface area contributed by atoms with Gasteiger partial charge in [0.2, 0.25) is 0 Å². The summed E-state index contributed by atoms with van der Waals surface area (Å²) in [6.07, 6.45) is 7.38. The Bertz CT molecular complexity index is 974. The van der Waals surface area contributed by atoms with Crippen LogP contribution in [0.1, 0.15) is 59.0 Å². The number of esters is 1. The maximum atomic E-state index is 11.8. The summed E-state index contributed by atoms with van der Waals surface area (Å²) in [4.78, 5) is 16.3. The summed E-state index contributed by atoms with van der Waals surface area (Å²) in [7, 11) is 3.03. The van der Waals surface area contributed by atoms with Crippen molar-refractivity contribution < 1.29 is 14.3 Å². The summed E-state index contributed by atoms with van der Waals surface area (Å²) in [5, 5.41) is 4.89. The molecule has 1 aliphatic carbocycles. The number of rotatable bonds is 5. The van der Waals surface area contributed by atoms with Gasteiger partial charge in [0.15, 0.2) is 0 Å². The molecule has 1 aliphatic rings. The predicted octanol–water partition coefficient (Wildman–Crippen LogP) is 3.77. The van der Waals surface area contributed by atoms with E-state index >= 15 is 0 Å². The lowest BCUT2D eigenvalue weighted by atomic mass is 9.96. The third kappa shape index (κ3) is 3.39. The van der Waals surface area contributed by atoms with Gasteiger partial charge in [-0.25, -0.2) is 14.3 Å². The number of hydrogen-bond donors (Lipinski definition) is 0. The number of carbonyl (C=O) groups excluding carboxylic acids is 1. The van der Waals surface area contributed by atoms with Crippen molar-refractivity contribution in [2.24, 2.45) is 0 Å². The first kappa shape index (κ1) is 17.5. The monoisotopic (exact) mass is 365 g/mol. The van der Waals surface area contributed by atoms with E-state index in [-0.39, 0.29) is 0 Å². The van der Waals surface area contributed by atoms with E-state index in [4.69, 9.17) is 14.6 Å². The van der Waals surface area contributed by atoms with Crippen LogP contribution in [0, 0.1) is 0 Å². The lowest BCUT2D eigenvalue weighted by Crippen LogP contribution is -2.07. The normalized spacial score (nSPS) is 14.6. The predicted molar refractivity (Wildman–Crippen MR) is 101 cm³/mol. The van der Waals surface area contributed by atoms with Gasteiger partial charge >= 0.3 is 5.97 Å². The molecular formula is C21H23N3O3. The van der Waals surface area contributed by atoms with E-state index in [1.165, 1.54) is 38.4 Å². The number of fused-ring (bicyclic) bond motifs is 1. The Balaban J connectivity index is 1.77. The van der Waals surface area contributed by atoms with Crippen LogP contribution in [0.2, 0.25) is 0 Å². The van der Waals surface area contributed by atoms with Crippen molar-refractivity contribution in [2.75, 3.05) is 14.2 Å². The second-order valence-corrected chi connectivity index (χ2v) is 6.93. The average Bonchev–Trinajstić information content (AvgIpc) is 3.35. The molecule has 0 saturated heterocycles. The van der Waals surface area contributed by atoms with Gasteiger partial charge in [0.25, 0.3) is 0 Å². The summed E-state index contributed by atoms with van der Waals surface area (Å²) in [5.74, 6) is 0.840. The number of carbonyl (C=O) groups is 1. The van der Waals surface area contributed by atoms with E-state index in [1.54, 1.807) is 13.2 Å². The number of hydrogen-bond acceptors (Lipinski definition) is 5. The zero-order valence-corrected chi connectivity index (χ0v) is 15.6. The Hall–Kier alpha value is -2.89. The van der Waals surface area contributed by atoms with Crippen molar-refractivity contribution in [3.05, 3.63) is 59.2 Å². The van der Waals surface area contributed by atoms with Crippen molar-refractivity contribution in [3.63, 3.8) is 0 Å². The highest BCUT2D eigenvalue weighted by Gasteiger charge is 2.25. The molecule has 0 aromatic carbocycles. The largest absolute Gasteiger partial charge is 0.495 e. The van der Waals surface area contributed by atoms with Crippen LogP contribution in [-0.2, 0) is 11.2 Å². The van der Waals surface area contributed by atoms with Crippen LogP contribution in [0.5, 0.6) is 5.75 Å². The van der Waals surface area contributed by atoms with Gasteiger partial charge in [0, 0.05) is 23.6 Å². The second-order valence-electron chi connectivity index (χ2n) is 6.93. The molecule has 3 heterocycles. The molecule has 1 saturated carbocycles. The maximum absolute atomic E-state index is 11.8. The Morgan fingerprint density at radius 2 is 2.00 bits per heavy atom. The minimum absolute atomic E-state index is 0.329. The molecule has 27 heavy (non-hydrogen) atoms. The lowest BCUT2D eigenvalue weighted by Gasteiger charge is -2.09. The molecule has 140 valence electrons. The van der Waals surface area contributed by atoms with Gasteiger partial charge in [-0.2, -0.15) is 5.10 Å². The zero-order chi connectivity index (χ0) is 18.8. The number of pyridine rings is 2. The molecule has 0 radical (unpaired) electrons. The highest BCUT2D eigenvalue weighted by atomic mass is 16.5. The van der Waals surface area contributed by atoms with Crippen molar-refractivity contribution >= 4 is 11.5 Å². The fourth-order valence-electron chi connectivity index (χ4n) is 3.91. The molecule has 3 aromatic heterocycles. The number of ether oxygens (including phenoxy) is 2. The summed E-state index contributed by atoms with van der Waals surface area (Å²) < 4.78 is 12.0. The van der Waals surface area contributed by atoms with Crippen molar-refractivity contribution in [1.29, 1.82) is 0 Å². The Morgan fingerprint density at radius 1 is 1.19 bits per heavy atom. The quantitative estimate of drug-likeness (QED) is 0.644. The Labute approximate surface area is 158 Å². The molecule has 3 aromatic rings. The molecule has 0 amide bonds. The van der Waals surface area contributed by atoms with Crippen LogP contribution >= 0.6 is 0 Å². The SMILES string of the molecule is COC(=O)c1cccc(Cc2c(C3CCCC3)nn3cc(OC)ccc23)n1.